The van der Waals surface area contributed by atoms with Gasteiger partial charge in [0.15, 0.2) is 0 Å². The zero-order valence-electron chi connectivity index (χ0n) is 35.5. The quantitative estimate of drug-likeness (QED) is 0.0827. The summed E-state index contributed by atoms with van der Waals surface area (Å²) in [5.74, 6) is -5.55. The number of amides is 4. The first-order chi connectivity index (χ1) is 30.4. The lowest BCUT2D eigenvalue weighted by molar-refractivity contribution is -0.126. The average molecular weight is 843 g/mol. The van der Waals surface area contributed by atoms with Crippen molar-refractivity contribution in [2.75, 3.05) is 54.9 Å². The van der Waals surface area contributed by atoms with Gasteiger partial charge in [0, 0.05) is 57.1 Å². The van der Waals surface area contributed by atoms with Gasteiger partial charge in [-0.25, -0.2) is 0 Å². The number of nitrogens with zero attached hydrogens (tertiary/aromatic N) is 8. The molecule has 14 heteroatoms. The number of carbonyl (C=O) groups is 4. The van der Waals surface area contributed by atoms with Crippen LogP contribution in [0.25, 0.3) is 0 Å². The van der Waals surface area contributed by atoms with Crippen LogP contribution in [-0.4, -0.2) is 64.0 Å². The highest BCUT2D eigenvalue weighted by Crippen LogP contribution is 2.59. The van der Waals surface area contributed by atoms with Gasteiger partial charge in [0.1, 0.15) is 11.5 Å². The Morgan fingerprint density at radius 2 is 1.00 bits per heavy atom. The van der Waals surface area contributed by atoms with Crippen molar-refractivity contribution in [2.45, 2.75) is 18.8 Å². The van der Waals surface area contributed by atoms with Gasteiger partial charge in [-0.15, -0.1) is 0 Å². The van der Waals surface area contributed by atoms with E-state index in [1.54, 1.807) is 60.7 Å². The Morgan fingerprint density at radius 1 is 0.556 bits per heavy atom. The zero-order chi connectivity index (χ0) is 44.1. The fraction of sp³-hybridized carbons (Fsp3) is 0.265. The molecule has 1 N–H and O–H groups in total. The molecule has 9 rings (SSSR count). The SMILES string of the molecule is COc1ccc(C2C3=CCC4C(=O)N(c5ccc(N=Nc6ccc(N(C)C)cc6)cc5)C(=O)C4C3CC3C(=O)N(c4ccc(N=Nc5ccc(N(C)C)cc5)cc4)C(=O)C32)c(O)c1. The van der Waals surface area contributed by atoms with Crippen LogP contribution in [0.1, 0.15) is 24.3 Å². The van der Waals surface area contributed by atoms with Crippen molar-refractivity contribution in [3.05, 3.63) is 132 Å². The molecule has 2 aliphatic carbocycles. The van der Waals surface area contributed by atoms with Crippen LogP contribution in [-0.2, 0) is 19.2 Å². The normalized spacial score (nSPS) is 23.0. The van der Waals surface area contributed by atoms with Crippen molar-refractivity contribution in [1.29, 1.82) is 0 Å². The number of hydrogen-bond donors (Lipinski definition) is 1. The van der Waals surface area contributed by atoms with E-state index in [0.29, 0.717) is 45.4 Å². The number of phenols is 1. The van der Waals surface area contributed by atoms with Gasteiger partial charge >= 0.3 is 0 Å². The van der Waals surface area contributed by atoms with Crippen molar-refractivity contribution < 1.29 is 29.0 Å². The highest BCUT2D eigenvalue weighted by molar-refractivity contribution is 6.24. The molecule has 0 radical (unpaired) electrons. The van der Waals surface area contributed by atoms with E-state index in [1.165, 1.54) is 23.0 Å². The summed E-state index contributed by atoms with van der Waals surface area (Å²) in [6.45, 7) is 0. The van der Waals surface area contributed by atoms with Crippen molar-refractivity contribution in [2.24, 2.45) is 50.0 Å². The van der Waals surface area contributed by atoms with Crippen LogP contribution >= 0.6 is 0 Å². The predicted octanol–water partition coefficient (Wildman–Crippen LogP) is 9.41. The third-order valence-electron chi connectivity index (χ3n) is 12.7. The van der Waals surface area contributed by atoms with Crippen molar-refractivity contribution >= 4 is 69.1 Å². The van der Waals surface area contributed by atoms with E-state index >= 15 is 0 Å². The minimum Gasteiger partial charge on any atom is -0.508 e. The van der Waals surface area contributed by atoms with Crippen LogP contribution in [0.5, 0.6) is 11.5 Å². The summed E-state index contributed by atoms with van der Waals surface area (Å²) in [6.07, 6.45) is 2.41. The first-order valence-electron chi connectivity index (χ1n) is 20.8. The van der Waals surface area contributed by atoms with Gasteiger partial charge in [0.25, 0.3) is 0 Å². The summed E-state index contributed by atoms with van der Waals surface area (Å²) in [4.78, 5) is 64.5. The molecule has 2 heterocycles. The minimum absolute atomic E-state index is 0.0928. The molecule has 0 bridgehead atoms. The number of anilines is 4. The molecule has 1 saturated carbocycles. The Morgan fingerprint density at radius 3 is 1.44 bits per heavy atom. The Labute approximate surface area is 364 Å². The average Bonchev–Trinajstić information content (AvgIpc) is 3.70. The number of carbonyl (C=O) groups excluding carboxylic acids is 4. The van der Waals surface area contributed by atoms with Crippen molar-refractivity contribution in [3.8, 4) is 11.5 Å². The number of benzene rings is 5. The van der Waals surface area contributed by atoms with Crippen LogP contribution in [0.4, 0.5) is 45.5 Å². The van der Waals surface area contributed by atoms with E-state index in [-0.39, 0.29) is 30.4 Å². The summed E-state index contributed by atoms with van der Waals surface area (Å²) in [5, 5.41) is 28.9. The Kier molecular flexibility index (Phi) is 10.7. The molecule has 3 fully saturated rings. The minimum atomic E-state index is -0.865. The third-order valence-corrected chi connectivity index (χ3v) is 12.7. The van der Waals surface area contributed by atoms with Gasteiger partial charge in [-0.2, -0.15) is 20.5 Å². The van der Waals surface area contributed by atoms with Gasteiger partial charge < -0.3 is 19.6 Å². The standard InChI is InChI=1S/C49H46N8O6/c1-54(2)32-14-6-28(7-15-32)50-52-30-10-18-34(19-11-30)56-46(59)39-25-24-37-40(44(39)48(56)61)27-41-45(43(37)38-23-22-36(63-5)26-42(38)58)49(62)57(47(41)60)35-20-12-31(13-21-35)53-51-29-8-16-33(17-9-29)55(3)4/h6-24,26,39-41,43-45,58H,25,27H2,1-5H3. The number of phenolic OH excluding ortho intramolecular Hbond substituents is 1. The summed E-state index contributed by atoms with van der Waals surface area (Å²) >= 11 is 0. The van der Waals surface area contributed by atoms with Gasteiger partial charge in [0.2, 0.25) is 23.6 Å². The van der Waals surface area contributed by atoms with Crippen LogP contribution < -0.4 is 24.3 Å². The number of fused-ring (bicyclic) bond motifs is 4. The van der Waals surface area contributed by atoms with Crippen LogP contribution in [0.2, 0.25) is 0 Å². The zero-order valence-corrected chi connectivity index (χ0v) is 35.5. The Hall–Kier alpha value is -7.48. The number of ether oxygens (including phenoxy) is 1. The van der Waals surface area contributed by atoms with Gasteiger partial charge in [-0.1, -0.05) is 17.7 Å². The molecule has 5 aromatic carbocycles. The molecule has 4 aliphatic rings. The fourth-order valence-electron chi connectivity index (χ4n) is 9.56. The molecule has 5 aromatic rings. The van der Waals surface area contributed by atoms with Crippen LogP contribution in [0, 0.1) is 29.6 Å². The van der Waals surface area contributed by atoms with E-state index in [9.17, 15) is 24.3 Å². The van der Waals surface area contributed by atoms with Crippen LogP contribution in [0.3, 0.4) is 0 Å². The van der Waals surface area contributed by atoms with E-state index in [0.717, 1.165) is 16.9 Å². The molecule has 318 valence electrons. The van der Waals surface area contributed by atoms with E-state index in [1.807, 2.05) is 92.6 Å². The number of rotatable bonds is 10. The monoisotopic (exact) mass is 842 g/mol. The maximum absolute atomic E-state index is 14.7. The molecule has 14 nitrogen and oxygen atoms in total. The molecule has 63 heavy (non-hydrogen) atoms. The first-order valence-corrected chi connectivity index (χ1v) is 20.8. The molecule has 0 aromatic heterocycles. The number of hydrogen-bond acceptors (Lipinski definition) is 12. The second-order valence-corrected chi connectivity index (χ2v) is 16.7. The molecule has 0 spiro atoms. The predicted molar refractivity (Wildman–Crippen MR) is 240 cm³/mol. The summed E-state index contributed by atoms with van der Waals surface area (Å²) in [6, 6.07) is 33.7. The summed E-state index contributed by atoms with van der Waals surface area (Å²) in [5.41, 5.74) is 6.53. The summed E-state index contributed by atoms with van der Waals surface area (Å²) < 4.78 is 5.38. The number of methoxy groups -OCH3 is 1. The van der Waals surface area contributed by atoms with Gasteiger partial charge in [-0.05, 0) is 122 Å². The first kappa shape index (κ1) is 40.9. The Bertz CT molecular complexity index is 2690. The van der Waals surface area contributed by atoms with E-state index in [4.69, 9.17) is 4.74 Å². The summed E-state index contributed by atoms with van der Waals surface area (Å²) in [7, 11) is 9.34. The van der Waals surface area contributed by atoms with Gasteiger partial charge in [0.05, 0.1) is 64.9 Å². The smallest absolute Gasteiger partial charge is 0.238 e. The maximum Gasteiger partial charge on any atom is 0.238 e. The molecule has 6 atom stereocenters. The number of aromatic hydroxyl groups is 1. The molecule has 2 aliphatic heterocycles. The lowest BCUT2D eigenvalue weighted by Crippen LogP contribution is -2.43. The lowest BCUT2D eigenvalue weighted by Gasteiger charge is -2.44. The maximum atomic E-state index is 14.7. The number of azo groups is 2. The fourth-order valence-corrected chi connectivity index (χ4v) is 9.56. The lowest BCUT2D eigenvalue weighted by atomic mass is 9.57. The molecular formula is C49H46N8O6. The number of allylic oxidation sites excluding steroid dienone is 2. The highest BCUT2D eigenvalue weighted by Gasteiger charge is 2.62. The molecular weight excluding hydrogens is 797 g/mol. The van der Waals surface area contributed by atoms with E-state index in [2.05, 4.69) is 20.5 Å². The number of imide groups is 2. The largest absolute Gasteiger partial charge is 0.508 e. The molecule has 2 saturated heterocycles. The molecule has 6 unspecified atom stereocenters. The second-order valence-electron chi connectivity index (χ2n) is 16.7. The van der Waals surface area contributed by atoms with Gasteiger partial charge in [-0.3, -0.25) is 29.0 Å². The van der Waals surface area contributed by atoms with Crippen LogP contribution in [0.15, 0.2) is 147 Å². The second kappa shape index (κ2) is 16.4. The topological polar surface area (TPSA) is 160 Å². The van der Waals surface area contributed by atoms with Crippen molar-refractivity contribution in [3.63, 3.8) is 0 Å². The van der Waals surface area contributed by atoms with Crippen molar-refractivity contribution in [1.82, 2.24) is 0 Å². The highest BCUT2D eigenvalue weighted by atomic mass is 16.5. The Balaban J connectivity index is 0.993. The van der Waals surface area contributed by atoms with E-state index < -0.39 is 47.3 Å². The molecule has 4 amide bonds. The third kappa shape index (κ3) is 7.40.